The Balaban J connectivity index is 1.15. The highest BCUT2D eigenvalue weighted by molar-refractivity contribution is 5.99. The Labute approximate surface area is 224 Å². The molecule has 0 aromatic carbocycles. The summed E-state index contributed by atoms with van der Waals surface area (Å²) in [7, 11) is 0. The number of rotatable bonds is 4. The number of fused-ring (bicyclic) bond motifs is 2. The van der Waals surface area contributed by atoms with Gasteiger partial charge in [0.2, 0.25) is 5.96 Å². The van der Waals surface area contributed by atoms with Crippen molar-refractivity contribution in [2.75, 3.05) is 56.2 Å². The number of morpholine rings is 1. The molecule has 1 spiro atoms. The Morgan fingerprint density at radius 1 is 1.18 bits per heavy atom. The van der Waals surface area contributed by atoms with Gasteiger partial charge in [-0.3, -0.25) is 9.69 Å². The second-order valence-electron chi connectivity index (χ2n) is 11.0. The molecule has 4 aliphatic rings. The smallest absolute Gasteiger partial charge is 0.268 e. The molecule has 0 bridgehead atoms. The highest BCUT2D eigenvalue weighted by Gasteiger charge is 2.43. The Kier molecular flexibility index (Phi) is 6.92. The summed E-state index contributed by atoms with van der Waals surface area (Å²) in [4.78, 5) is 31.3. The monoisotopic (exact) mass is 518 g/mol. The summed E-state index contributed by atoms with van der Waals surface area (Å²) in [5.41, 5.74) is 2.65. The molecule has 202 valence electrons. The summed E-state index contributed by atoms with van der Waals surface area (Å²) in [5, 5.41) is 6.32. The zero-order chi connectivity index (χ0) is 26.1. The minimum Gasteiger partial charge on any atom is -0.379 e. The molecule has 2 saturated heterocycles. The number of hydrogen-bond acceptors (Lipinski definition) is 6. The molecule has 0 unspecified atom stereocenters. The van der Waals surface area contributed by atoms with Gasteiger partial charge in [-0.05, 0) is 63.1 Å². The van der Waals surface area contributed by atoms with Crippen LogP contribution in [-0.2, 0) is 10.3 Å². The highest BCUT2D eigenvalue weighted by Crippen LogP contribution is 2.43. The molecule has 10 nitrogen and oxygen atoms in total. The zero-order valence-electron chi connectivity index (χ0n) is 22.3. The lowest BCUT2D eigenvalue weighted by atomic mass is 9.94. The molecule has 0 atom stereocenters. The maximum atomic E-state index is 12.6. The topological polar surface area (TPSA) is 99.4 Å². The Bertz CT molecular complexity index is 1200. The Morgan fingerprint density at radius 3 is 2.63 bits per heavy atom. The predicted molar refractivity (Wildman–Crippen MR) is 150 cm³/mol. The molecule has 2 aromatic heterocycles. The first-order chi connectivity index (χ1) is 18.6. The van der Waals surface area contributed by atoms with Crippen molar-refractivity contribution in [1.29, 1.82) is 0 Å². The largest absolute Gasteiger partial charge is 0.379 e. The van der Waals surface area contributed by atoms with Crippen LogP contribution in [0.15, 0.2) is 34.4 Å². The van der Waals surface area contributed by atoms with Crippen molar-refractivity contribution in [2.45, 2.75) is 57.0 Å². The fourth-order valence-corrected chi connectivity index (χ4v) is 6.65. The Morgan fingerprint density at radius 2 is 1.95 bits per heavy atom. The number of pyridine rings is 1. The standard InChI is InChI=1S/C28H38N8O2/c1-20-17-23-26(37)31-19-28(9-3-4-10-28)36(23)25(20)33-27(29-2)32-24-6-5-22(18-30-24)34-11-7-21(8-12-34)35-13-15-38-16-14-35/h5-6,17-18,21H,2-4,7-16,19H2,1H3,(H,31,37)(H,30,32,33). The van der Waals surface area contributed by atoms with Crippen LogP contribution in [0.2, 0.25) is 0 Å². The van der Waals surface area contributed by atoms with Crippen LogP contribution in [0.5, 0.6) is 0 Å². The van der Waals surface area contributed by atoms with Gasteiger partial charge >= 0.3 is 0 Å². The predicted octanol–water partition coefficient (Wildman–Crippen LogP) is 3.31. The number of aliphatic imine (C=N–C) groups is 2. The second kappa shape index (κ2) is 10.5. The first kappa shape index (κ1) is 25.1. The molecule has 3 aliphatic heterocycles. The zero-order valence-corrected chi connectivity index (χ0v) is 22.3. The van der Waals surface area contributed by atoms with E-state index in [0.717, 1.165) is 95.0 Å². The first-order valence-corrected chi connectivity index (χ1v) is 13.9. The summed E-state index contributed by atoms with van der Waals surface area (Å²) >= 11 is 0. The van der Waals surface area contributed by atoms with E-state index in [9.17, 15) is 4.79 Å². The second-order valence-corrected chi connectivity index (χ2v) is 11.0. The molecule has 6 rings (SSSR count). The van der Waals surface area contributed by atoms with Crippen molar-refractivity contribution in [2.24, 2.45) is 9.98 Å². The van der Waals surface area contributed by atoms with Crippen LogP contribution in [0.4, 0.5) is 17.3 Å². The van der Waals surface area contributed by atoms with E-state index >= 15 is 0 Å². The molecule has 38 heavy (non-hydrogen) atoms. The summed E-state index contributed by atoms with van der Waals surface area (Å²) in [6.45, 7) is 12.3. The normalized spacial score (nSPS) is 22.4. The van der Waals surface area contributed by atoms with Crippen molar-refractivity contribution in [3.63, 3.8) is 0 Å². The first-order valence-electron chi connectivity index (χ1n) is 13.9. The number of ether oxygens (including phenoxy) is 1. The van der Waals surface area contributed by atoms with Crippen LogP contribution in [0.25, 0.3) is 0 Å². The van der Waals surface area contributed by atoms with Crippen molar-refractivity contribution in [3.05, 3.63) is 35.7 Å². The molecule has 2 aromatic rings. The number of guanidine groups is 1. The summed E-state index contributed by atoms with van der Waals surface area (Å²) in [6.07, 6.45) is 8.63. The van der Waals surface area contributed by atoms with Crippen molar-refractivity contribution in [1.82, 2.24) is 19.8 Å². The van der Waals surface area contributed by atoms with E-state index in [2.05, 4.69) is 47.8 Å². The number of carbonyl (C=O) groups excluding carboxylic acids is 1. The third-order valence-corrected chi connectivity index (χ3v) is 8.72. The fourth-order valence-electron chi connectivity index (χ4n) is 6.65. The van der Waals surface area contributed by atoms with E-state index in [1.165, 1.54) is 0 Å². The van der Waals surface area contributed by atoms with Gasteiger partial charge in [-0.1, -0.05) is 12.8 Å². The molecule has 2 N–H and O–H groups in total. The number of nitrogens with one attached hydrogen (secondary N) is 2. The van der Waals surface area contributed by atoms with Gasteiger partial charge in [0, 0.05) is 38.8 Å². The number of anilines is 2. The van der Waals surface area contributed by atoms with E-state index in [-0.39, 0.29) is 11.4 Å². The average Bonchev–Trinajstić information content (AvgIpc) is 3.57. The van der Waals surface area contributed by atoms with E-state index in [1.54, 1.807) is 0 Å². The van der Waals surface area contributed by atoms with E-state index in [4.69, 9.17) is 9.73 Å². The van der Waals surface area contributed by atoms with E-state index in [1.807, 2.05) is 25.3 Å². The van der Waals surface area contributed by atoms with Crippen molar-refractivity contribution >= 4 is 35.9 Å². The highest BCUT2D eigenvalue weighted by atomic mass is 16.5. The molecule has 5 heterocycles. The van der Waals surface area contributed by atoms with E-state index in [0.29, 0.717) is 30.1 Å². The fraction of sp³-hybridized carbons (Fsp3) is 0.571. The maximum Gasteiger partial charge on any atom is 0.268 e. The van der Waals surface area contributed by atoms with Crippen molar-refractivity contribution in [3.8, 4) is 0 Å². The Hall–Kier alpha value is -3.24. The minimum atomic E-state index is -0.113. The minimum absolute atomic E-state index is 0.0422. The summed E-state index contributed by atoms with van der Waals surface area (Å²) in [6, 6.07) is 6.66. The van der Waals surface area contributed by atoms with Gasteiger partial charge in [0.25, 0.3) is 5.91 Å². The molecule has 0 radical (unpaired) electrons. The SMILES string of the molecule is C=NC(=Nc1c(C)cc2n1C1(CCCC1)CNC2=O)Nc1ccc(N2CCC(N3CCOCC3)CC2)cn1. The van der Waals surface area contributed by atoms with E-state index < -0.39 is 0 Å². The number of piperidine rings is 1. The molecule has 1 amide bonds. The quantitative estimate of drug-likeness (QED) is 0.476. The lowest BCUT2D eigenvalue weighted by Crippen LogP contribution is -2.49. The molecule has 1 saturated carbocycles. The van der Waals surface area contributed by atoms with Gasteiger partial charge in [-0.15, -0.1) is 0 Å². The van der Waals surface area contributed by atoms with Gasteiger partial charge < -0.3 is 24.8 Å². The van der Waals surface area contributed by atoms with Gasteiger partial charge in [-0.25, -0.2) is 9.98 Å². The van der Waals surface area contributed by atoms with Gasteiger partial charge in [0.05, 0.1) is 30.6 Å². The molecule has 3 fully saturated rings. The molecule has 10 heteroatoms. The third kappa shape index (κ3) is 4.71. The van der Waals surface area contributed by atoms with Gasteiger partial charge in [-0.2, -0.15) is 4.99 Å². The van der Waals surface area contributed by atoms with Crippen LogP contribution >= 0.6 is 0 Å². The summed E-state index contributed by atoms with van der Waals surface area (Å²) in [5.74, 6) is 1.77. The van der Waals surface area contributed by atoms with Gasteiger partial charge in [0.1, 0.15) is 17.3 Å². The van der Waals surface area contributed by atoms with Crippen LogP contribution in [0, 0.1) is 6.92 Å². The number of carbonyl (C=O) groups is 1. The van der Waals surface area contributed by atoms with Crippen LogP contribution in [0.1, 0.15) is 54.6 Å². The maximum absolute atomic E-state index is 12.6. The lowest BCUT2D eigenvalue weighted by molar-refractivity contribution is 0.0115. The number of nitrogens with zero attached hydrogens (tertiary/aromatic N) is 6. The van der Waals surface area contributed by atoms with Crippen LogP contribution in [-0.4, -0.2) is 85.0 Å². The van der Waals surface area contributed by atoms with Gasteiger partial charge in [0.15, 0.2) is 0 Å². The average molecular weight is 519 g/mol. The number of hydrogen-bond donors (Lipinski definition) is 2. The number of amides is 1. The lowest BCUT2D eigenvalue weighted by Gasteiger charge is -2.40. The molecular weight excluding hydrogens is 480 g/mol. The summed E-state index contributed by atoms with van der Waals surface area (Å²) < 4.78 is 7.66. The van der Waals surface area contributed by atoms with Crippen LogP contribution in [0.3, 0.4) is 0 Å². The van der Waals surface area contributed by atoms with Crippen LogP contribution < -0.4 is 15.5 Å². The number of aromatic nitrogens is 2. The third-order valence-electron chi connectivity index (χ3n) is 8.72. The molecule has 1 aliphatic carbocycles. The number of aryl methyl sites for hydroxylation is 1. The van der Waals surface area contributed by atoms with Crippen molar-refractivity contribution < 1.29 is 9.53 Å². The molecular formula is C28H38N8O2.